The second-order valence-electron chi connectivity index (χ2n) is 7.49. The fourth-order valence-electron chi connectivity index (χ4n) is 3.38. The topological polar surface area (TPSA) is 122 Å². The lowest BCUT2D eigenvalue weighted by atomic mass is 10.1. The van der Waals surface area contributed by atoms with Crippen LogP contribution in [-0.2, 0) is 0 Å². The maximum absolute atomic E-state index is 14.9. The Morgan fingerprint density at radius 3 is 2.47 bits per heavy atom. The van der Waals surface area contributed by atoms with E-state index in [9.17, 15) is 41.8 Å². The molecule has 0 aliphatic heterocycles. The van der Waals surface area contributed by atoms with Gasteiger partial charge in [-0.15, -0.1) is 0 Å². The zero-order valence-corrected chi connectivity index (χ0v) is 17.6. The van der Waals surface area contributed by atoms with Gasteiger partial charge in [0.05, 0.1) is 16.6 Å². The number of carboxylic acids is 1. The smallest absolute Gasteiger partial charge is 0.341 e. The summed E-state index contributed by atoms with van der Waals surface area (Å²) in [6.45, 7) is 0.0275. The van der Waals surface area contributed by atoms with E-state index in [0.717, 1.165) is 22.9 Å². The molecule has 0 saturated heterocycles. The first kappa shape index (κ1) is 24.9. The lowest BCUT2D eigenvalue weighted by Crippen LogP contribution is -2.24. The number of pyridine rings is 2. The molecule has 182 valence electrons. The summed E-state index contributed by atoms with van der Waals surface area (Å²) in [4.78, 5) is 29.1. The number of carbonyl (C=O) groups is 1. The van der Waals surface area contributed by atoms with E-state index < -0.39 is 64.0 Å². The second-order valence-corrected chi connectivity index (χ2v) is 7.49. The van der Waals surface area contributed by atoms with Gasteiger partial charge < -0.3 is 20.8 Å². The Bertz CT molecular complexity index is 1310. The lowest BCUT2D eigenvalue weighted by molar-refractivity contribution is -0.00939. The van der Waals surface area contributed by atoms with Gasteiger partial charge in [-0.2, -0.15) is 0 Å². The van der Waals surface area contributed by atoms with Crippen molar-refractivity contribution in [2.24, 2.45) is 0 Å². The van der Waals surface area contributed by atoms with Crippen molar-refractivity contribution in [3.63, 3.8) is 0 Å². The van der Waals surface area contributed by atoms with Crippen LogP contribution in [-0.4, -0.2) is 51.9 Å². The number of anilines is 2. The van der Waals surface area contributed by atoms with Crippen LogP contribution in [0, 0.1) is 17.5 Å². The third-order valence-corrected chi connectivity index (χ3v) is 5.16. The number of nitrogens with two attached hydrogens (primary N) is 1. The Balaban J connectivity index is 2.18. The van der Waals surface area contributed by atoms with Gasteiger partial charge in [-0.05, 0) is 25.0 Å². The van der Waals surface area contributed by atoms with Gasteiger partial charge in [0.2, 0.25) is 5.43 Å². The molecule has 1 atom stereocenters. The highest BCUT2D eigenvalue weighted by Gasteiger charge is 2.22. The number of carboxylic acid groups (broad SMARTS) is 1. The maximum Gasteiger partial charge on any atom is 0.341 e. The lowest BCUT2D eigenvalue weighted by Gasteiger charge is -2.22. The number of benzene rings is 1. The number of nitrogen functional groups attached to an aromatic ring is 1. The highest BCUT2D eigenvalue weighted by Crippen LogP contribution is 2.28. The number of alkyl halides is 2. The molecule has 8 nitrogen and oxygen atoms in total. The van der Waals surface area contributed by atoms with Crippen LogP contribution in [0.4, 0.5) is 33.5 Å². The fraction of sp³-hybridized carbons (Fsp3) is 0.286. The van der Waals surface area contributed by atoms with Gasteiger partial charge >= 0.3 is 5.97 Å². The van der Waals surface area contributed by atoms with Crippen molar-refractivity contribution in [1.29, 1.82) is 0 Å². The number of aliphatic hydroxyl groups is 1. The molecule has 3 aromatic rings. The first-order chi connectivity index (χ1) is 15.9. The monoisotopic (exact) mass is 486 g/mol. The van der Waals surface area contributed by atoms with Crippen LogP contribution in [0.25, 0.3) is 16.7 Å². The number of halogens is 5. The molecule has 0 amide bonds. The molecule has 0 radical (unpaired) electrons. The average Bonchev–Trinajstić information content (AvgIpc) is 2.76. The average molecular weight is 486 g/mol. The van der Waals surface area contributed by atoms with Gasteiger partial charge in [0.25, 0.3) is 6.43 Å². The molecule has 0 bridgehead atoms. The van der Waals surface area contributed by atoms with E-state index in [1.165, 1.54) is 11.9 Å². The first-order valence-electron chi connectivity index (χ1n) is 9.83. The van der Waals surface area contributed by atoms with E-state index in [0.29, 0.717) is 6.07 Å². The zero-order valence-electron chi connectivity index (χ0n) is 17.6. The molecule has 4 N–H and O–H groups in total. The molecule has 0 aliphatic carbocycles. The Kier molecular flexibility index (Phi) is 7.05. The minimum Gasteiger partial charge on any atom is -0.477 e. The molecule has 0 unspecified atom stereocenters. The minimum absolute atomic E-state index is 0.0275. The van der Waals surface area contributed by atoms with Gasteiger partial charge in [0.1, 0.15) is 17.5 Å². The van der Waals surface area contributed by atoms with Crippen molar-refractivity contribution in [1.82, 2.24) is 9.55 Å². The number of fused-ring (bicyclic) bond motifs is 1. The Hall–Kier alpha value is -3.74. The minimum atomic E-state index is -2.92. The summed E-state index contributed by atoms with van der Waals surface area (Å²) >= 11 is 0. The highest BCUT2D eigenvalue weighted by molar-refractivity contribution is 5.94. The van der Waals surface area contributed by atoms with Crippen molar-refractivity contribution < 1.29 is 37.0 Å². The van der Waals surface area contributed by atoms with Crippen molar-refractivity contribution >= 4 is 28.4 Å². The molecule has 0 fully saturated rings. The van der Waals surface area contributed by atoms with Gasteiger partial charge in [-0.1, -0.05) is 0 Å². The molecular formula is C21H19F5N4O4. The van der Waals surface area contributed by atoms with E-state index in [2.05, 4.69) is 4.98 Å². The van der Waals surface area contributed by atoms with E-state index in [1.54, 1.807) is 0 Å². The van der Waals surface area contributed by atoms with Crippen molar-refractivity contribution in [3.05, 3.63) is 57.6 Å². The molecule has 2 heterocycles. The number of aliphatic hydroxyl groups excluding tert-OH is 1. The SMILES string of the molecule is CN(CCC[C@H](O)C(F)F)c1cc2c(cc1F)c(=O)c(C(=O)O)cn2-c1nc(N)c(F)cc1F. The Morgan fingerprint density at radius 1 is 1.18 bits per heavy atom. The van der Waals surface area contributed by atoms with Crippen LogP contribution in [0.15, 0.2) is 29.2 Å². The zero-order chi connectivity index (χ0) is 25.3. The molecule has 1 aromatic carbocycles. The van der Waals surface area contributed by atoms with Gasteiger partial charge in [0.15, 0.2) is 23.3 Å². The van der Waals surface area contributed by atoms with E-state index >= 15 is 0 Å². The number of rotatable bonds is 8. The Labute approximate surface area is 188 Å². The van der Waals surface area contributed by atoms with Gasteiger partial charge in [-0.25, -0.2) is 31.7 Å². The quantitative estimate of drug-likeness (QED) is 0.419. The van der Waals surface area contributed by atoms with Crippen LogP contribution < -0.4 is 16.1 Å². The summed E-state index contributed by atoms with van der Waals surface area (Å²) in [5, 5.41) is 18.2. The highest BCUT2D eigenvalue weighted by atomic mass is 19.3. The number of aromatic nitrogens is 2. The number of nitrogens with zero attached hydrogens (tertiary/aromatic N) is 3. The van der Waals surface area contributed by atoms with E-state index in [4.69, 9.17) is 5.73 Å². The third kappa shape index (κ3) is 4.78. The molecule has 0 saturated carbocycles. The summed E-state index contributed by atoms with van der Waals surface area (Å²) in [7, 11) is 1.42. The largest absolute Gasteiger partial charge is 0.477 e. The van der Waals surface area contributed by atoms with E-state index in [1.807, 2.05) is 0 Å². The van der Waals surface area contributed by atoms with Crippen molar-refractivity contribution in [2.45, 2.75) is 25.4 Å². The van der Waals surface area contributed by atoms with Crippen LogP contribution in [0.2, 0.25) is 0 Å². The van der Waals surface area contributed by atoms with E-state index in [-0.39, 0.29) is 30.6 Å². The Morgan fingerprint density at radius 2 is 1.85 bits per heavy atom. The maximum atomic E-state index is 14.9. The second kappa shape index (κ2) is 9.63. The summed E-state index contributed by atoms with van der Waals surface area (Å²) < 4.78 is 68.8. The molecule has 3 rings (SSSR count). The molecule has 2 aromatic heterocycles. The predicted octanol–water partition coefficient (Wildman–Crippen LogP) is 2.93. The molecule has 13 heteroatoms. The summed E-state index contributed by atoms with van der Waals surface area (Å²) in [6.07, 6.45) is -4.20. The van der Waals surface area contributed by atoms with Crippen LogP contribution in [0.3, 0.4) is 0 Å². The molecule has 34 heavy (non-hydrogen) atoms. The normalized spacial score (nSPS) is 12.4. The summed E-state index contributed by atoms with van der Waals surface area (Å²) in [5.74, 6) is -6.34. The third-order valence-electron chi connectivity index (χ3n) is 5.16. The standard InChI is InChI=1S/C21H19F5N4O4/c1-29(4-2-3-16(31)18(25)26)15-7-14-9(5-11(15)22)17(32)10(21(33)34)8-30(14)20-13(24)6-12(23)19(27)28-20/h5-8,16,18,31H,2-4H2,1H3,(H2,27,28)(H,33,34)/t16-/m0/s1. The summed E-state index contributed by atoms with van der Waals surface area (Å²) in [5.41, 5.74) is 3.24. The fourth-order valence-corrected chi connectivity index (χ4v) is 3.38. The number of hydrogen-bond donors (Lipinski definition) is 3. The van der Waals surface area contributed by atoms with Crippen LogP contribution >= 0.6 is 0 Å². The first-order valence-corrected chi connectivity index (χ1v) is 9.83. The number of aromatic carboxylic acids is 1. The molecule has 0 spiro atoms. The number of hydrogen-bond acceptors (Lipinski definition) is 6. The van der Waals surface area contributed by atoms with Gasteiger partial charge in [-0.3, -0.25) is 9.36 Å². The molecule has 0 aliphatic rings. The van der Waals surface area contributed by atoms with Gasteiger partial charge in [0, 0.05) is 25.9 Å². The van der Waals surface area contributed by atoms with Crippen molar-refractivity contribution in [3.8, 4) is 5.82 Å². The van der Waals surface area contributed by atoms with Crippen LogP contribution in [0.1, 0.15) is 23.2 Å². The predicted molar refractivity (Wildman–Crippen MR) is 113 cm³/mol. The summed E-state index contributed by atoms with van der Waals surface area (Å²) in [6, 6.07) is 2.29. The molecular weight excluding hydrogens is 467 g/mol. The van der Waals surface area contributed by atoms with Crippen molar-refractivity contribution in [2.75, 3.05) is 24.2 Å². The van der Waals surface area contributed by atoms with Crippen LogP contribution in [0.5, 0.6) is 0 Å².